The summed E-state index contributed by atoms with van der Waals surface area (Å²) in [6, 6.07) is 3.37. The molecule has 0 saturated heterocycles. The maximum atomic E-state index is 13.3. The number of rotatable bonds is 6. The first-order valence-corrected chi connectivity index (χ1v) is 7.49. The van der Waals surface area contributed by atoms with Gasteiger partial charge in [0.15, 0.2) is 17.4 Å². The number of hydrogen-bond acceptors (Lipinski definition) is 3. The smallest absolute Gasteiger partial charge is 0.209 e. The van der Waals surface area contributed by atoms with E-state index in [1.807, 2.05) is 0 Å². The Morgan fingerprint density at radius 2 is 1.79 bits per heavy atom. The Bertz CT molecular complexity index is 512. The normalized spacial score (nSPS) is 13.6. The van der Waals surface area contributed by atoms with Crippen LogP contribution in [0.15, 0.2) is 18.2 Å². The zero-order valence-corrected chi connectivity index (χ0v) is 11.6. The molecule has 4 nitrogen and oxygen atoms in total. The fourth-order valence-electron chi connectivity index (χ4n) is 1.54. The van der Waals surface area contributed by atoms with Gasteiger partial charge in [-0.1, -0.05) is 19.9 Å². The summed E-state index contributed by atoms with van der Waals surface area (Å²) in [6.07, 6.45) is 0. The molecular formula is C12H17F2NO3S. The molecule has 0 aliphatic heterocycles. The van der Waals surface area contributed by atoms with E-state index in [1.54, 1.807) is 13.8 Å². The molecular weight excluding hydrogens is 276 g/mol. The predicted octanol–water partition coefficient (Wildman–Crippen LogP) is 1.90. The third kappa shape index (κ3) is 5.12. The molecule has 0 aliphatic carbocycles. The molecule has 0 aliphatic rings. The SMILES string of the molecule is CC(C)C(COc1c(F)cccc1F)CS(N)(=O)=O. The molecule has 0 spiro atoms. The summed E-state index contributed by atoms with van der Waals surface area (Å²) >= 11 is 0. The second-order valence-electron chi connectivity index (χ2n) is 4.70. The molecule has 1 rings (SSSR count). The Morgan fingerprint density at radius 3 is 2.21 bits per heavy atom. The van der Waals surface area contributed by atoms with Crippen molar-refractivity contribution in [1.29, 1.82) is 0 Å². The minimum atomic E-state index is -3.66. The van der Waals surface area contributed by atoms with Crippen molar-refractivity contribution >= 4 is 10.0 Å². The van der Waals surface area contributed by atoms with Crippen LogP contribution in [0.5, 0.6) is 5.75 Å². The van der Waals surface area contributed by atoms with Crippen molar-refractivity contribution in [2.24, 2.45) is 17.0 Å². The van der Waals surface area contributed by atoms with Crippen LogP contribution < -0.4 is 9.88 Å². The molecule has 0 saturated carbocycles. The third-order valence-electron chi connectivity index (χ3n) is 2.75. The van der Waals surface area contributed by atoms with Crippen LogP contribution in [0.25, 0.3) is 0 Å². The van der Waals surface area contributed by atoms with E-state index in [2.05, 4.69) is 0 Å². The Labute approximate surface area is 111 Å². The largest absolute Gasteiger partial charge is 0.487 e. The molecule has 0 amide bonds. The van der Waals surface area contributed by atoms with E-state index in [1.165, 1.54) is 6.07 Å². The third-order valence-corrected chi connectivity index (χ3v) is 3.64. The van der Waals surface area contributed by atoms with E-state index in [9.17, 15) is 17.2 Å². The van der Waals surface area contributed by atoms with Crippen LogP contribution in [-0.4, -0.2) is 20.8 Å². The summed E-state index contributed by atoms with van der Waals surface area (Å²) in [5, 5.41) is 4.97. The maximum absolute atomic E-state index is 13.3. The highest BCUT2D eigenvalue weighted by Crippen LogP contribution is 2.23. The van der Waals surface area contributed by atoms with Crippen LogP contribution in [0.3, 0.4) is 0 Å². The first kappa shape index (κ1) is 15.8. The Morgan fingerprint density at radius 1 is 1.26 bits per heavy atom. The van der Waals surface area contributed by atoms with E-state index in [-0.39, 0.29) is 18.3 Å². The lowest BCUT2D eigenvalue weighted by Crippen LogP contribution is -2.30. The summed E-state index contributed by atoms with van der Waals surface area (Å²) in [4.78, 5) is 0. The van der Waals surface area contributed by atoms with E-state index in [0.29, 0.717) is 0 Å². The Kier molecular flexibility index (Phi) is 5.25. The lowest BCUT2D eigenvalue weighted by molar-refractivity contribution is 0.209. The van der Waals surface area contributed by atoms with Crippen molar-refractivity contribution in [2.75, 3.05) is 12.4 Å². The molecule has 1 atom stereocenters. The number of halogens is 2. The highest BCUT2D eigenvalue weighted by Gasteiger charge is 2.21. The molecule has 1 aromatic carbocycles. The first-order valence-electron chi connectivity index (χ1n) is 5.78. The van der Waals surface area contributed by atoms with Gasteiger partial charge in [0, 0.05) is 5.92 Å². The molecule has 7 heteroatoms. The monoisotopic (exact) mass is 293 g/mol. The Hall–Kier alpha value is -1.21. The van der Waals surface area contributed by atoms with Gasteiger partial charge in [0.2, 0.25) is 10.0 Å². The van der Waals surface area contributed by atoms with Crippen LogP contribution >= 0.6 is 0 Å². The second-order valence-corrected chi connectivity index (χ2v) is 6.35. The summed E-state index contributed by atoms with van der Waals surface area (Å²) in [7, 11) is -3.66. The fraction of sp³-hybridized carbons (Fsp3) is 0.500. The maximum Gasteiger partial charge on any atom is 0.209 e. The number of hydrogen-bond donors (Lipinski definition) is 1. The standard InChI is InChI=1S/C12H17F2NO3S/c1-8(2)9(7-19(15,16)17)6-18-12-10(13)4-3-5-11(12)14/h3-5,8-9H,6-7H2,1-2H3,(H2,15,16,17). The predicted molar refractivity (Wildman–Crippen MR) is 68.2 cm³/mol. The highest BCUT2D eigenvalue weighted by atomic mass is 32.2. The highest BCUT2D eigenvalue weighted by molar-refractivity contribution is 7.89. The van der Waals surface area contributed by atoms with Gasteiger partial charge < -0.3 is 4.74 Å². The molecule has 1 aromatic rings. The van der Waals surface area contributed by atoms with Gasteiger partial charge in [-0.3, -0.25) is 0 Å². The van der Waals surface area contributed by atoms with Gasteiger partial charge in [-0.25, -0.2) is 22.3 Å². The summed E-state index contributed by atoms with van der Waals surface area (Å²) < 4.78 is 53.9. The van der Waals surface area contributed by atoms with Gasteiger partial charge in [-0.05, 0) is 18.1 Å². The van der Waals surface area contributed by atoms with Crippen LogP contribution in [0.1, 0.15) is 13.8 Å². The van der Waals surface area contributed by atoms with Crippen molar-refractivity contribution in [3.05, 3.63) is 29.8 Å². The van der Waals surface area contributed by atoms with Gasteiger partial charge in [0.05, 0.1) is 12.4 Å². The molecule has 0 radical (unpaired) electrons. The minimum absolute atomic E-state index is 0.0480. The lowest BCUT2D eigenvalue weighted by atomic mass is 9.99. The van der Waals surface area contributed by atoms with E-state index >= 15 is 0 Å². The van der Waals surface area contributed by atoms with Gasteiger partial charge in [-0.15, -0.1) is 0 Å². The number of ether oxygens (including phenoxy) is 1. The van der Waals surface area contributed by atoms with Crippen molar-refractivity contribution < 1.29 is 21.9 Å². The van der Waals surface area contributed by atoms with Gasteiger partial charge in [0.25, 0.3) is 0 Å². The molecule has 0 bridgehead atoms. The van der Waals surface area contributed by atoms with Crippen LogP contribution in [0, 0.1) is 23.5 Å². The van der Waals surface area contributed by atoms with Crippen molar-refractivity contribution in [2.45, 2.75) is 13.8 Å². The molecule has 108 valence electrons. The van der Waals surface area contributed by atoms with Gasteiger partial charge >= 0.3 is 0 Å². The quantitative estimate of drug-likeness (QED) is 0.871. The van der Waals surface area contributed by atoms with Crippen molar-refractivity contribution in [1.82, 2.24) is 0 Å². The summed E-state index contributed by atoms with van der Waals surface area (Å²) in [6.45, 7) is 3.46. The number of nitrogens with two attached hydrogens (primary N) is 1. The zero-order chi connectivity index (χ0) is 14.6. The average Bonchev–Trinajstić information content (AvgIpc) is 2.24. The van der Waals surface area contributed by atoms with Crippen molar-refractivity contribution in [3.8, 4) is 5.75 Å². The summed E-state index contributed by atoms with van der Waals surface area (Å²) in [5.41, 5.74) is 0. The molecule has 0 heterocycles. The van der Waals surface area contributed by atoms with Crippen molar-refractivity contribution in [3.63, 3.8) is 0 Å². The summed E-state index contributed by atoms with van der Waals surface area (Å²) in [5.74, 6) is -2.92. The first-order chi connectivity index (χ1) is 8.70. The molecule has 2 N–H and O–H groups in total. The molecule has 0 fully saturated rings. The fourth-order valence-corrected chi connectivity index (χ4v) is 2.62. The molecule has 19 heavy (non-hydrogen) atoms. The van der Waals surface area contributed by atoms with Crippen LogP contribution in [0.4, 0.5) is 8.78 Å². The average molecular weight is 293 g/mol. The number of primary sulfonamides is 1. The zero-order valence-electron chi connectivity index (χ0n) is 10.8. The number of sulfonamides is 1. The van der Waals surface area contributed by atoms with Crippen LogP contribution in [-0.2, 0) is 10.0 Å². The minimum Gasteiger partial charge on any atom is -0.487 e. The van der Waals surface area contributed by atoms with E-state index < -0.39 is 33.3 Å². The Balaban J connectivity index is 2.77. The topological polar surface area (TPSA) is 69.4 Å². The molecule has 1 unspecified atom stereocenters. The van der Waals surface area contributed by atoms with Gasteiger partial charge in [-0.2, -0.15) is 0 Å². The van der Waals surface area contributed by atoms with Crippen LogP contribution in [0.2, 0.25) is 0 Å². The van der Waals surface area contributed by atoms with Gasteiger partial charge in [0.1, 0.15) is 0 Å². The van der Waals surface area contributed by atoms with E-state index in [4.69, 9.17) is 9.88 Å². The second kappa shape index (κ2) is 6.29. The molecule has 0 aromatic heterocycles. The lowest BCUT2D eigenvalue weighted by Gasteiger charge is -2.20. The number of benzene rings is 1. The van der Waals surface area contributed by atoms with E-state index in [0.717, 1.165) is 12.1 Å². The number of para-hydroxylation sites is 1.